The van der Waals surface area contributed by atoms with E-state index in [1.54, 1.807) is 13.0 Å². The molecule has 4 N–H and O–H groups in total. The van der Waals surface area contributed by atoms with Crippen molar-refractivity contribution in [2.45, 2.75) is 12.5 Å². The molecule has 3 nitrogen and oxygen atoms in total. The van der Waals surface area contributed by atoms with E-state index in [2.05, 4.69) is 15.9 Å². The fourth-order valence-corrected chi connectivity index (χ4v) is 1.90. The normalized spacial score (nSPS) is 15.2. The van der Waals surface area contributed by atoms with Crippen molar-refractivity contribution in [3.05, 3.63) is 27.2 Å². The van der Waals surface area contributed by atoms with Crippen molar-refractivity contribution in [1.82, 2.24) is 0 Å². The van der Waals surface area contributed by atoms with Gasteiger partial charge >= 0.3 is 0 Å². The minimum atomic E-state index is -1.00. The summed E-state index contributed by atoms with van der Waals surface area (Å²) in [5.74, 6) is 0.00782. The quantitative estimate of drug-likeness (QED) is 0.776. The summed E-state index contributed by atoms with van der Waals surface area (Å²) in [6.45, 7) is 1.35. The van der Waals surface area contributed by atoms with E-state index in [9.17, 15) is 5.11 Å². The van der Waals surface area contributed by atoms with E-state index in [0.29, 0.717) is 15.1 Å². The molecule has 78 valence electrons. The van der Waals surface area contributed by atoms with Gasteiger partial charge < -0.3 is 15.9 Å². The zero-order valence-corrected chi connectivity index (χ0v) is 9.93. The molecule has 0 saturated carbocycles. The van der Waals surface area contributed by atoms with Gasteiger partial charge in [-0.2, -0.15) is 0 Å². The highest BCUT2D eigenvalue weighted by atomic mass is 79.9. The first-order chi connectivity index (χ1) is 6.38. The first-order valence-corrected chi connectivity index (χ1v) is 5.14. The third-order valence-electron chi connectivity index (χ3n) is 1.97. The molecule has 0 fully saturated rings. The average molecular weight is 281 g/mol. The van der Waals surface area contributed by atoms with Crippen LogP contribution in [-0.2, 0) is 5.54 Å². The molecule has 14 heavy (non-hydrogen) atoms. The van der Waals surface area contributed by atoms with Crippen LogP contribution >= 0.6 is 27.5 Å². The average Bonchev–Trinajstić information content (AvgIpc) is 2.11. The SMILES string of the molecule is C[C@](N)(CO)c1cc(Cl)cc(Br)c1O. The molecular weight excluding hydrogens is 269 g/mol. The summed E-state index contributed by atoms with van der Waals surface area (Å²) in [5.41, 5.74) is 5.20. The predicted octanol–water partition coefficient (Wildman–Crippen LogP) is 1.97. The standard InChI is InChI=1S/C9H11BrClNO2/c1-9(12,4-13)6-2-5(11)3-7(10)8(6)14/h2-3,13-14H,4,12H2,1H3/t9-/m0/s1. The number of phenols is 1. The van der Waals surface area contributed by atoms with Crippen LogP contribution in [0, 0.1) is 0 Å². The van der Waals surface area contributed by atoms with E-state index >= 15 is 0 Å². The molecule has 5 heteroatoms. The number of aliphatic hydroxyl groups excluding tert-OH is 1. The summed E-state index contributed by atoms with van der Waals surface area (Å²) in [6.07, 6.45) is 0. The number of aromatic hydroxyl groups is 1. The van der Waals surface area contributed by atoms with Gasteiger partial charge in [0.05, 0.1) is 16.6 Å². The van der Waals surface area contributed by atoms with Crippen LogP contribution < -0.4 is 5.73 Å². The monoisotopic (exact) mass is 279 g/mol. The number of nitrogens with two attached hydrogens (primary N) is 1. The number of aliphatic hydroxyl groups is 1. The molecule has 0 aliphatic carbocycles. The maximum absolute atomic E-state index is 9.69. The largest absolute Gasteiger partial charge is 0.506 e. The van der Waals surface area contributed by atoms with E-state index in [-0.39, 0.29) is 12.4 Å². The van der Waals surface area contributed by atoms with Gasteiger partial charge in [-0.3, -0.25) is 0 Å². The number of rotatable bonds is 2. The summed E-state index contributed by atoms with van der Waals surface area (Å²) in [5, 5.41) is 19.2. The molecule has 0 heterocycles. The van der Waals surface area contributed by atoms with Crippen LogP contribution in [-0.4, -0.2) is 16.8 Å². The molecule has 0 bridgehead atoms. The molecule has 0 spiro atoms. The van der Waals surface area contributed by atoms with Gasteiger partial charge in [0.2, 0.25) is 0 Å². The second kappa shape index (κ2) is 4.06. The van der Waals surface area contributed by atoms with Crippen LogP contribution in [0.25, 0.3) is 0 Å². The molecule has 1 aromatic rings. The third kappa shape index (κ3) is 2.20. The lowest BCUT2D eigenvalue weighted by Crippen LogP contribution is -2.37. The summed E-state index contributed by atoms with van der Waals surface area (Å²) in [4.78, 5) is 0. The molecule has 1 aromatic carbocycles. The highest BCUT2D eigenvalue weighted by Crippen LogP contribution is 2.36. The lowest BCUT2D eigenvalue weighted by molar-refractivity contribution is 0.207. The number of hydrogen-bond acceptors (Lipinski definition) is 3. The van der Waals surface area contributed by atoms with Gasteiger partial charge in [0.15, 0.2) is 0 Å². The van der Waals surface area contributed by atoms with Crippen molar-refractivity contribution in [3.8, 4) is 5.75 Å². The van der Waals surface area contributed by atoms with Crippen molar-refractivity contribution in [2.75, 3.05) is 6.61 Å². The van der Waals surface area contributed by atoms with Crippen LogP contribution in [0.5, 0.6) is 5.75 Å². The molecule has 0 aliphatic heterocycles. The van der Waals surface area contributed by atoms with Crippen molar-refractivity contribution < 1.29 is 10.2 Å². The van der Waals surface area contributed by atoms with Crippen molar-refractivity contribution >= 4 is 27.5 Å². The van der Waals surface area contributed by atoms with Gasteiger partial charge in [-0.05, 0) is 35.0 Å². The van der Waals surface area contributed by atoms with E-state index < -0.39 is 5.54 Å². The Balaban J connectivity index is 3.34. The van der Waals surface area contributed by atoms with Crippen LogP contribution in [0.1, 0.15) is 12.5 Å². The maximum atomic E-state index is 9.69. The van der Waals surface area contributed by atoms with E-state index in [4.69, 9.17) is 22.4 Å². The Labute approximate surface area is 95.6 Å². The van der Waals surface area contributed by atoms with Gasteiger partial charge in [0.1, 0.15) is 5.75 Å². The van der Waals surface area contributed by atoms with Crippen LogP contribution in [0.15, 0.2) is 16.6 Å². The molecule has 0 unspecified atom stereocenters. The molecular formula is C9H11BrClNO2. The number of phenolic OH excluding ortho intramolecular Hbond substituents is 1. The molecule has 0 aromatic heterocycles. The molecule has 1 atom stereocenters. The Morgan fingerprint density at radius 1 is 1.57 bits per heavy atom. The first-order valence-electron chi connectivity index (χ1n) is 3.96. The highest BCUT2D eigenvalue weighted by molar-refractivity contribution is 9.10. The fourth-order valence-electron chi connectivity index (χ4n) is 1.09. The second-order valence-corrected chi connectivity index (χ2v) is 4.65. The third-order valence-corrected chi connectivity index (χ3v) is 2.79. The van der Waals surface area contributed by atoms with Gasteiger partial charge in [-0.15, -0.1) is 0 Å². The van der Waals surface area contributed by atoms with Gasteiger partial charge in [-0.1, -0.05) is 11.6 Å². The zero-order valence-electron chi connectivity index (χ0n) is 7.59. The topological polar surface area (TPSA) is 66.5 Å². The summed E-state index contributed by atoms with van der Waals surface area (Å²) < 4.78 is 0.463. The van der Waals surface area contributed by atoms with E-state index in [1.807, 2.05) is 0 Å². The smallest absolute Gasteiger partial charge is 0.134 e. The Morgan fingerprint density at radius 3 is 2.64 bits per heavy atom. The summed E-state index contributed by atoms with van der Waals surface area (Å²) in [7, 11) is 0. The van der Waals surface area contributed by atoms with E-state index in [1.165, 1.54) is 6.07 Å². The number of halogens is 2. The van der Waals surface area contributed by atoms with Crippen LogP contribution in [0.3, 0.4) is 0 Å². The summed E-state index contributed by atoms with van der Waals surface area (Å²) in [6, 6.07) is 3.10. The minimum Gasteiger partial charge on any atom is -0.506 e. The first kappa shape index (κ1) is 11.8. The van der Waals surface area contributed by atoms with Gasteiger partial charge in [-0.25, -0.2) is 0 Å². The molecule has 0 amide bonds. The highest BCUT2D eigenvalue weighted by Gasteiger charge is 2.25. The van der Waals surface area contributed by atoms with Crippen molar-refractivity contribution in [2.24, 2.45) is 5.73 Å². The number of hydrogen-bond donors (Lipinski definition) is 3. The van der Waals surface area contributed by atoms with Crippen molar-refractivity contribution in [1.29, 1.82) is 0 Å². The predicted molar refractivity (Wildman–Crippen MR) is 59.4 cm³/mol. The van der Waals surface area contributed by atoms with Crippen molar-refractivity contribution in [3.63, 3.8) is 0 Å². The zero-order chi connectivity index (χ0) is 10.9. The van der Waals surface area contributed by atoms with Crippen LogP contribution in [0.2, 0.25) is 5.02 Å². The Hall–Kier alpha value is -0.290. The fraction of sp³-hybridized carbons (Fsp3) is 0.333. The lowest BCUT2D eigenvalue weighted by Gasteiger charge is -2.24. The lowest BCUT2D eigenvalue weighted by atomic mass is 9.93. The molecule has 0 saturated heterocycles. The molecule has 0 aliphatic rings. The Morgan fingerprint density at radius 2 is 2.14 bits per heavy atom. The Bertz CT molecular complexity index is 355. The van der Waals surface area contributed by atoms with Gasteiger partial charge in [0, 0.05) is 10.6 Å². The molecule has 0 radical (unpaired) electrons. The maximum Gasteiger partial charge on any atom is 0.134 e. The summed E-state index contributed by atoms with van der Waals surface area (Å²) >= 11 is 8.95. The molecule has 1 rings (SSSR count). The second-order valence-electron chi connectivity index (χ2n) is 3.36. The number of benzene rings is 1. The minimum absolute atomic E-state index is 0.00782. The van der Waals surface area contributed by atoms with Crippen LogP contribution in [0.4, 0.5) is 0 Å². The Kier molecular flexibility index (Phi) is 3.42. The van der Waals surface area contributed by atoms with E-state index in [0.717, 1.165) is 0 Å². The van der Waals surface area contributed by atoms with Gasteiger partial charge in [0.25, 0.3) is 0 Å².